The normalized spacial score (nSPS) is 14.3. The van der Waals surface area contributed by atoms with Crippen molar-refractivity contribution in [2.45, 2.75) is 25.3 Å². The molecule has 0 unspecified atom stereocenters. The van der Waals surface area contributed by atoms with Crippen LogP contribution in [-0.4, -0.2) is 22.6 Å². The Bertz CT molecular complexity index is 642. The van der Waals surface area contributed by atoms with E-state index in [4.69, 9.17) is 11.0 Å². The van der Waals surface area contributed by atoms with Gasteiger partial charge in [0.2, 0.25) is 0 Å². The molecule has 0 amide bonds. The Kier molecular flexibility index (Phi) is 2.92. The molecule has 5 heteroatoms. The van der Waals surface area contributed by atoms with Crippen molar-refractivity contribution in [3.8, 4) is 6.07 Å². The van der Waals surface area contributed by atoms with Crippen LogP contribution in [0.15, 0.2) is 24.5 Å². The Morgan fingerprint density at radius 3 is 2.95 bits per heavy atom. The minimum atomic E-state index is 0.504. The highest BCUT2D eigenvalue weighted by Crippen LogP contribution is 2.34. The summed E-state index contributed by atoms with van der Waals surface area (Å²) in [4.78, 5) is 10.9. The van der Waals surface area contributed by atoms with Gasteiger partial charge in [-0.3, -0.25) is 0 Å². The third-order valence-electron chi connectivity index (χ3n) is 3.36. The first-order valence-corrected chi connectivity index (χ1v) is 6.43. The van der Waals surface area contributed by atoms with E-state index in [-0.39, 0.29) is 0 Å². The zero-order valence-electron chi connectivity index (χ0n) is 10.6. The maximum Gasteiger partial charge on any atom is 0.140 e. The molecule has 3 rings (SSSR count). The van der Waals surface area contributed by atoms with Crippen LogP contribution in [0.3, 0.4) is 0 Å². The number of nitrogens with two attached hydrogens (primary N) is 1. The van der Waals surface area contributed by atoms with E-state index < -0.39 is 0 Å². The Hall–Kier alpha value is -2.35. The number of hydrogen-bond acceptors (Lipinski definition) is 5. The zero-order chi connectivity index (χ0) is 13.2. The fourth-order valence-corrected chi connectivity index (χ4v) is 2.31. The molecule has 0 spiro atoms. The lowest BCUT2D eigenvalue weighted by molar-refractivity contribution is 0.780. The monoisotopic (exact) mass is 253 g/mol. The van der Waals surface area contributed by atoms with Crippen LogP contribution in [0.5, 0.6) is 0 Å². The molecule has 2 N–H and O–H groups in total. The standard InChI is InChI=1S/C14H15N5/c15-6-1-7-19(11-3-4-11)14-12-8-10(16)2-5-13(12)17-9-18-14/h2,5,8-9,11H,1,3-4,7,16H2. The Morgan fingerprint density at radius 2 is 2.21 bits per heavy atom. The topological polar surface area (TPSA) is 78.8 Å². The van der Waals surface area contributed by atoms with Gasteiger partial charge in [-0.2, -0.15) is 5.26 Å². The fraction of sp³-hybridized carbons (Fsp3) is 0.357. The zero-order valence-corrected chi connectivity index (χ0v) is 10.6. The molecule has 0 saturated heterocycles. The summed E-state index contributed by atoms with van der Waals surface area (Å²) in [7, 11) is 0. The van der Waals surface area contributed by atoms with E-state index in [1.54, 1.807) is 6.33 Å². The molecule has 96 valence electrons. The summed E-state index contributed by atoms with van der Waals surface area (Å²) in [5.41, 5.74) is 7.46. The van der Waals surface area contributed by atoms with E-state index in [1.165, 1.54) is 12.8 Å². The number of nitrogens with zero attached hydrogens (tertiary/aromatic N) is 4. The van der Waals surface area contributed by atoms with Gasteiger partial charge in [0.15, 0.2) is 0 Å². The first kappa shape index (κ1) is 11.7. The highest BCUT2D eigenvalue weighted by atomic mass is 15.2. The Balaban J connectivity index is 2.06. The summed E-state index contributed by atoms with van der Waals surface area (Å²) in [6.07, 6.45) is 4.42. The van der Waals surface area contributed by atoms with Gasteiger partial charge in [0.1, 0.15) is 12.1 Å². The van der Waals surface area contributed by atoms with Crippen molar-refractivity contribution in [2.24, 2.45) is 0 Å². The highest BCUT2D eigenvalue weighted by molar-refractivity contribution is 5.91. The van der Waals surface area contributed by atoms with Crippen LogP contribution in [0.25, 0.3) is 10.9 Å². The van der Waals surface area contributed by atoms with Gasteiger partial charge in [-0.1, -0.05) is 0 Å². The Labute approximate surface area is 111 Å². The largest absolute Gasteiger partial charge is 0.399 e. The number of nitriles is 1. The predicted octanol–water partition coefficient (Wildman–Crippen LogP) is 2.09. The van der Waals surface area contributed by atoms with E-state index in [9.17, 15) is 0 Å². The molecule has 1 aromatic carbocycles. The van der Waals surface area contributed by atoms with Gasteiger partial charge in [-0.05, 0) is 31.0 Å². The maximum atomic E-state index is 8.79. The van der Waals surface area contributed by atoms with Crippen molar-refractivity contribution in [3.05, 3.63) is 24.5 Å². The smallest absolute Gasteiger partial charge is 0.140 e. The van der Waals surface area contributed by atoms with Crippen LogP contribution in [-0.2, 0) is 0 Å². The molecule has 0 atom stereocenters. The molecular weight excluding hydrogens is 238 g/mol. The van der Waals surface area contributed by atoms with Gasteiger partial charge in [0.25, 0.3) is 0 Å². The number of anilines is 2. The van der Waals surface area contributed by atoms with Gasteiger partial charge in [0.05, 0.1) is 18.0 Å². The van der Waals surface area contributed by atoms with E-state index in [0.29, 0.717) is 24.7 Å². The summed E-state index contributed by atoms with van der Waals surface area (Å²) < 4.78 is 0. The van der Waals surface area contributed by atoms with Crippen molar-refractivity contribution < 1.29 is 0 Å². The van der Waals surface area contributed by atoms with E-state index in [2.05, 4.69) is 20.9 Å². The third kappa shape index (κ3) is 2.29. The van der Waals surface area contributed by atoms with Crippen molar-refractivity contribution in [3.63, 3.8) is 0 Å². The Morgan fingerprint density at radius 1 is 1.37 bits per heavy atom. The van der Waals surface area contributed by atoms with Crippen LogP contribution in [0.2, 0.25) is 0 Å². The molecule has 1 aromatic heterocycles. The second kappa shape index (κ2) is 4.73. The van der Waals surface area contributed by atoms with Crippen molar-refractivity contribution >= 4 is 22.4 Å². The first-order chi connectivity index (χ1) is 9.29. The highest BCUT2D eigenvalue weighted by Gasteiger charge is 2.30. The lowest BCUT2D eigenvalue weighted by Gasteiger charge is -2.23. The predicted molar refractivity (Wildman–Crippen MR) is 74.5 cm³/mol. The molecule has 1 aliphatic rings. The average molecular weight is 253 g/mol. The van der Waals surface area contributed by atoms with E-state index in [0.717, 1.165) is 16.7 Å². The first-order valence-electron chi connectivity index (χ1n) is 6.43. The molecule has 1 heterocycles. The summed E-state index contributed by atoms with van der Waals surface area (Å²) in [5.74, 6) is 0.898. The van der Waals surface area contributed by atoms with Gasteiger partial charge >= 0.3 is 0 Å². The second-order valence-corrected chi connectivity index (χ2v) is 4.81. The molecule has 2 aromatic rings. The van der Waals surface area contributed by atoms with Crippen LogP contribution >= 0.6 is 0 Å². The number of fused-ring (bicyclic) bond motifs is 1. The van der Waals surface area contributed by atoms with Crippen LogP contribution in [0.4, 0.5) is 11.5 Å². The molecule has 1 aliphatic carbocycles. The summed E-state index contributed by atoms with van der Waals surface area (Å²) >= 11 is 0. The second-order valence-electron chi connectivity index (χ2n) is 4.81. The van der Waals surface area contributed by atoms with Crippen molar-refractivity contribution in [1.29, 1.82) is 5.26 Å². The summed E-state index contributed by atoms with van der Waals surface area (Å²) in [6.45, 7) is 0.710. The van der Waals surface area contributed by atoms with Crippen LogP contribution in [0, 0.1) is 11.3 Å². The van der Waals surface area contributed by atoms with Gasteiger partial charge in [-0.15, -0.1) is 0 Å². The maximum absolute atomic E-state index is 8.79. The molecule has 0 aliphatic heterocycles. The van der Waals surface area contributed by atoms with Gasteiger partial charge in [0, 0.05) is 23.7 Å². The molecule has 1 saturated carbocycles. The molecular formula is C14H15N5. The average Bonchev–Trinajstić information content (AvgIpc) is 3.24. The van der Waals surface area contributed by atoms with Crippen LogP contribution < -0.4 is 10.6 Å². The molecule has 0 bridgehead atoms. The number of nitrogen functional groups attached to an aromatic ring is 1. The number of benzene rings is 1. The van der Waals surface area contributed by atoms with E-state index in [1.807, 2.05) is 18.2 Å². The van der Waals surface area contributed by atoms with Gasteiger partial charge in [-0.25, -0.2) is 9.97 Å². The SMILES string of the molecule is N#CCCN(c1ncnc2ccc(N)cc12)C1CC1. The third-order valence-corrected chi connectivity index (χ3v) is 3.36. The quantitative estimate of drug-likeness (QED) is 0.844. The minimum absolute atomic E-state index is 0.504. The molecule has 1 fully saturated rings. The van der Waals surface area contributed by atoms with Crippen LogP contribution in [0.1, 0.15) is 19.3 Å². The minimum Gasteiger partial charge on any atom is -0.399 e. The molecule has 5 nitrogen and oxygen atoms in total. The molecule has 19 heavy (non-hydrogen) atoms. The lowest BCUT2D eigenvalue weighted by atomic mass is 10.2. The van der Waals surface area contributed by atoms with Crippen molar-refractivity contribution in [1.82, 2.24) is 9.97 Å². The number of hydrogen-bond donors (Lipinski definition) is 1. The summed E-state index contributed by atoms with van der Waals surface area (Å²) in [5, 5.41) is 9.76. The number of aromatic nitrogens is 2. The van der Waals surface area contributed by atoms with E-state index >= 15 is 0 Å². The van der Waals surface area contributed by atoms with Gasteiger partial charge < -0.3 is 10.6 Å². The lowest BCUT2D eigenvalue weighted by Crippen LogP contribution is -2.27. The summed E-state index contributed by atoms with van der Waals surface area (Å²) in [6, 6.07) is 8.37. The van der Waals surface area contributed by atoms with Crippen molar-refractivity contribution in [2.75, 3.05) is 17.2 Å². The molecule has 0 radical (unpaired) electrons. The fourth-order valence-electron chi connectivity index (χ4n) is 2.31. The number of rotatable bonds is 4.